The van der Waals surface area contributed by atoms with Crippen LogP contribution in [0.15, 0.2) is 48.5 Å². The Kier molecular flexibility index (Phi) is 4.94. The highest BCUT2D eigenvalue weighted by atomic mass is 35.5. The Balaban J connectivity index is 2.33. The van der Waals surface area contributed by atoms with Crippen molar-refractivity contribution in [2.75, 3.05) is 5.01 Å². The maximum absolute atomic E-state index is 11.5. The minimum Gasteiger partial charge on any atom is -0.274 e. The number of hydrogen-bond donors (Lipinski definition) is 3. The maximum atomic E-state index is 11.5. The third kappa shape index (κ3) is 3.61. The van der Waals surface area contributed by atoms with Crippen molar-refractivity contribution >= 4 is 35.5 Å². The standard InChI is InChI=1S/C15H15ClN4O/c16-13-7-3-1-5-11(13)9-10-12-6-2-4-8-14(12)20(18)15(21)19-17/h1-10H,17-18H2,(H,19,21)/b10-9+. The summed E-state index contributed by atoms with van der Waals surface area (Å²) in [5.41, 5.74) is 4.16. The Labute approximate surface area is 127 Å². The van der Waals surface area contributed by atoms with E-state index in [0.29, 0.717) is 10.7 Å². The van der Waals surface area contributed by atoms with Crippen LogP contribution < -0.4 is 22.1 Å². The molecule has 0 heterocycles. The average Bonchev–Trinajstić information content (AvgIpc) is 2.53. The summed E-state index contributed by atoms with van der Waals surface area (Å²) >= 11 is 6.10. The molecule has 0 atom stereocenters. The molecular weight excluding hydrogens is 288 g/mol. The predicted octanol–water partition coefficient (Wildman–Crippen LogP) is 2.77. The fourth-order valence-corrected chi connectivity index (χ4v) is 2.02. The van der Waals surface area contributed by atoms with Crippen molar-refractivity contribution in [3.8, 4) is 0 Å². The van der Waals surface area contributed by atoms with Crippen molar-refractivity contribution in [2.45, 2.75) is 0 Å². The Hall–Kier alpha value is -2.34. The lowest BCUT2D eigenvalue weighted by atomic mass is 10.1. The number of hydrogen-bond acceptors (Lipinski definition) is 3. The zero-order valence-electron chi connectivity index (χ0n) is 11.2. The van der Waals surface area contributed by atoms with Crippen molar-refractivity contribution in [2.24, 2.45) is 11.7 Å². The molecule has 2 amide bonds. The highest BCUT2D eigenvalue weighted by Crippen LogP contribution is 2.23. The van der Waals surface area contributed by atoms with Gasteiger partial charge in [0, 0.05) is 5.02 Å². The second-order valence-electron chi connectivity index (χ2n) is 4.23. The molecule has 0 spiro atoms. The first kappa shape index (κ1) is 15.1. The lowest BCUT2D eigenvalue weighted by Gasteiger charge is -2.17. The Bertz CT molecular complexity index is 672. The third-order valence-electron chi connectivity index (χ3n) is 2.89. The van der Waals surface area contributed by atoms with E-state index in [9.17, 15) is 4.79 Å². The molecule has 0 aromatic heterocycles. The number of carbonyl (C=O) groups excluding carboxylic acids is 1. The fourth-order valence-electron chi connectivity index (χ4n) is 1.82. The number of benzene rings is 2. The summed E-state index contributed by atoms with van der Waals surface area (Å²) in [5.74, 6) is 10.8. The molecule has 2 rings (SSSR count). The van der Waals surface area contributed by atoms with Gasteiger partial charge in [0.25, 0.3) is 0 Å². The van der Waals surface area contributed by atoms with Gasteiger partial charge in [0.15, 0.2) is 0 Å². The molecule has 108 valence electrons. The van der Waals surface area contributed by atoms with Crippen molar-refractivity contribution in [3.63, 3.8) is 0 Å². The van der Waals surface area contributed by atoms with Crippen molar-refractivity contribution in [1.82, 2.24) is 5.43 Å². The number of carbonyl (C=O) groups is 1. The van der Waals surface area contributed by atoms with Crippen LogP contribution in [0.25, 0.3) is 12.2 Å². The average molecular weight is 303 g/mol. The molecule has 5 N–H and O–H groups in total. The monoisotopic (exact) mass is 302 g/mol. The quantitative estimate of drug-likeness (QED) is 0.353. The molecule has 0 saturated heterocycles. The SMILES string of the molecule is NNC(=O)N(N)c1ccccc1/C=C/c1ccccc1Cl. The van der Waals surface area contributed by atoms with Crippen LogP contribution in [0.1, 0.15) is 11.1 Å². The Morgan fingerprint density at radius 1 is 1.05 bits per heavy atom. The smallest absolute Gasteiger partial charge is 0.274 e. The number of urea groups is 1. The first-order valence-electron chi connectivity index (χ1n) is 6.20. The van der Waals surface area contributed by atoms with Crippen LogP contribution in [0.3, 0.4) is 0 Å². The van der Waals surface area contributed by atoms with Gasteiger partial charge in [0.05, 0.1) is 5.69 Å². The van der Waals surface area contributed by atoms with Gasteiger partial charge >= 0.3 is 6.03 Å². The number of nitrogens with zero attached hydrogens (tertiary/aromatic N) is 1. The molecule has 0 bridgehead atoms. The first-order chi connectivity index (χ1) is 10.1. The minimum absolute atomic E-state index is 0.531. The van der Waals surface area contributed by atoms with E-state index in [4.69, 9.17) is 23.3 Å². The maximum Gasteiger partial charge on any atom is 0.350 e. The van der Waals surface area contributed by atoms with E-state index in [1.54, 1.807) is 12.1 Å². The van der Waals surface area contributed by atoms with Gasteiger partial charge < -0.3 is 0 Å². The van der Waals surface area contributed by atoms with E-state index in [2.05, 4.69) is 0 Å². The minimum atomic E-state index is -0.603. The molecular formula is C15H15ClN4O. The van der Waals surface area contributed by atoms with Crippen LogP contribution in [0.4, 0.5) is 10.5 Å². The molecule has 0 aliphatic heterocycles. The highest BCUT2D eigenvalue weighted by Gasteiger charge is 2.12. The second kappa shape index (κ2) is 6.90. The van der Waals surface area contributed by atoms with Crippen molar-refractivity contribution in [3.05, 3.63) is 64.7 Å². The number of para-hydroxylation sites is 1. The van der Waals surface area contributed by atoms with E-state index >= 15 is 0 Å². The molecule has 0 unspecified atom stereocenters. The summed E-state index contributed by atoms with van der Waals surface area (Å²) < 4.78 is 0. The summed E-state index contributed by atoms with van der Waals surface area (Å²) in [5, 5.41) is 1.60. The zero-order chi connectivity index (χ0) is 15.2. The van der Waals surface area contributed by atoms with Gasteiger partial charge in [-0.3, -0.25) is 5.43 Å². The zero-order valence-corrected chi connectivity index (χ0v) is 11.9. The molecule has 6 heteroatoms. The van der Waals surface area contributed by atoms with Crippen molar-refractivity contribution in [1.29, 1.82) is 0 Å². The lowest BCUT2D eigenvalue weighted by molar-refractivity contribution is 0.246. The number of hydrazine groups is 2. The normalized spacial score (nSPS) is 10.6. The van der Waals surface area contributed by atoms with Crippen LogP contribution in [0, 0.1) is 0 Å². The number of nitrogens with two attached hydrogens (primary N) is 2. The van der Waals surface area contributed by atoms with Gasteiger partial charge in [-0.25, -0.2) is 21.5 Å². The molecule has 0 aliphatic rings. The molecule has 21 heavy (non-hydrogen) atoms. The van der Waals surface area contributed by atoms with Crippen LogP contribution >= 0.6 is 11.6 Å². The van der Waals surface area contributed by atoms with Crippen LogP contribution in [-0.4, -0.2) is 6.03 Å². The van der Waals surface area contributed by atoms with Crippen molar-refractivity contribution < 1.29 is 4.79 Å². The van der Waals surface area contributed by atoms with E-state index in [0.717, 1.165) is 16.1 Å². The number of halogens is 1. The van der Waals surface area contributed by atoms with Gasteiger partial charge in [0.1, 0.15) is 0 Å². The number of anilines is 1. The van der Waals surface area contributed by atoms with E-state index in [1.807, 2.05) is 54.0 Å². The largest absolute Gasteiger partial charge is 0.350 e. The molecule has 0 fully saturated rings. The summed E-state index contributed by atoms with van der Waals surface area (Å²) in [6, 6.07) is 14.1. The predicted molar refractivity (Wildman–Crippen MR) is 86.2 cm³/mol. The van der Waals surface area contributed by atoms with E-state index < -0.39 is 6.03 Å². The van der Waals surface area contributed by atoms with Gasteiger partial charge in [-0.2, -0.15) is 0 Å². The number of amides is 2. The number of rotatable bonds is 3. The Morgan fingerprint density at radius 2 is 1.62 bits per heavy atom. The fraction of sp³-hybridized carbons (Fsp3) is 0. The van der Waals surface area contributed by atoms with E-state index in [1.165, 1.54) is 0 Å². The highest BCUT2D eigenvalue weighted by molar-refractivity contribution is 6.32. The summed E-state index contributed by atoms with van der Waals surface area (Å²) in [6.07, 6.45) is 3.69. The third-order valence-corrected chi connectivity index (χ3v) is 3.23. The number of nitrogens with one attached hydrogen (secondary N) is 1. The van der Waals surface area contributed by atoms with E-state index in [-0.39, 0.29) is 0 Å². The molecule has 2 aromatic carbocycles. The van der Waals surface area contributed by atoms with Gasteiger partial charge in [-0.15, -0.1) is 0 Å². The van der Waals surface area contributed by atoms with Crippen LogP contribution in [-0.2, 0) is 0 Å². The summed E-state index contributed by atoms with van der Waals surface area (Å²) in [4.78, 5) is 11.5. The summed E-state index contributed by atoms with van der Waals surface area (Å²) in [7, 11) is 0. The Morgan fingerprint density at radius 3 is 2.29 bits per heavy atom. The van der Waals surface area contributed by atoms with Crippen LogP contribution in [0.2, 0.25) is 5.02 Å². The molecule has 2 aromatic rings. The molecule has 0 radical (unpaired) electrons. The van der Waals surface area contributed by atoms with Gasteiger partial charge in [-0.1, -0.05) is 60.2 Å². The van der Waals surface area contributed by atoms with Crippen LogP contribution in [0.5, 0.6) is 0 Å². The summed E-state index contributed by atoms with van der Waals surface area (Å²) in [6.45, 7) is 0. The molecule has 0 aliphatic carbocycles. The second-order valence-corrected chi connectivity index (χ2v) is 4.64. The van der Waals surface area contributed by atoms with Gasteiger partial charge in [0.2, 0.25) is 0 Å². The molecule has 0 saturated carbocycles. The molecule has 5 nitrogen and oxygen atoms in total. The first-order valence-corrected chi connectivity index (χ1v) is 6.58. The van der Waals surface area contributed by atoms with Gasteiger partial charge in [-0.05, 0) is 23.3 Å². The topological polar surface area (TPSA) is 84.4 Å². The lowest BCUT2D eigenvalue weighted by Crippen LogP contribution is -2.47.